The molecule has 0 fully saturated rings. The van der Waals surface area contributed by atoms with Gasteiger partial charge in [0, 0.05) is 25.2 Å². The lowest BCUT2D eigenvalue weighted by molar-refractivity contribution is 0.0696. The molecule has 19 heavy (non-hydrogen) atoms. The maximum Gasteiger partial charge on any atom is 0.338 e. The first-order valence-electron chi connectivity index (χ1n) is 6.26. The smallest absolute Gasteiger partial charge is 0.338 e. The fraction of sp³-hybridized carbons (Fsp3) is 0.538. The van der Waals surface area contributed by atoms with E-state index in [2.05, 4.69) is 24.1 Å². The van der Waals surface area contributed by atoms with Crippen molar-refractivity contribution in [3.8, 4) is 0 Å². The number of likely N-dealkylation sites (N-methyl/N-ethyl adjacent to an activating group) is 1. The predicted molar refractivity (Wildman–Crippen MR) is 70.4 cm³/mol. The van der Waals surface area contributed by atoms with E-state index in [1.54, 1.807) is 0 Å². The van der Waals surface area contributed by atoms with E-state index in [1.165, 1.54) is 6.07 Å². The van der Waals surface area contributed by atoms with Crippen LogP contribution in [0.2, 0.25) is 0 Å². The molecule has 0 bridgehead atoms. The zero-order valence-corrected chi connectivity index (χ0v) is 11.5. The Labute approximate surface area is 112 Å². The zero-order valence-electron chi connectivity index (χ0n) is 11.5. The molecule has 0 saturated heterocycles. The van der Waals surface area contributed by atoms with E-state index in [-0.39, 0.29) is 11.3 Å². The number of hydrogen-bond donors (Lipinski definition) is 2. The predicted octanol–water partition coefficient (Wildman–Crippen LogP) is 1.44. The summed E-state index contributed by atoms with van der Waals surface area (Å²) in [4.78, 5) is 24.5. The molecule has 0 aromatic carbocycles. The minimum atomic E-state index is -1.11. The van der Waals surface area contributed by atoms with Crippen molar-refractivity contribution >= 4 is 11.9 Å². The Morgan fingerprint density at radius 3 is 2.74 bits per heavy atom. The van der Waals surface area contributed by atoms with E-state index >= 15 is 0 Å². The number of furan rings is 1. The number of carboxylic acid groups (broad SMARTS) is 1. The molecule has 106 valence electrons. The highest BCUT2D eigenvalue weighted by molar-refractivity contribution is 5.95. The van der Waals surface area contributed by atoms with Crippen LogP contribution in [0.4, 0.5) is 0 Å². The number of carboxylic acids is 1. The van der Waals surface area contributed by atoms with Crippen molar-refractivity contribution in [3.63, 3.8) is 0 Å². The summed E-state index contributed by atoms with van der Waals surface area (Å²) in [5.41, 5.74) is -0.0260. The Balaban J connectivity index is 2.41. The molecule has 0 spiro atoms. The molecule has 1 aromatic heterocycles. The van der Waals surface area contributed by atoms with Gasteiger partial charge in [-0.05, 0) is 20.4 Å². The van der Waals surface area contributed by atoms with Crippen molar-refractivity contribution in [2.24, 2.45) is 0 Å². The van der Waals surface area contributed by atoms with Gasteiger partial charge in [0.05, 0.1) is 5.56 Å². The van der Waals surface area contributed by atoms with Crippen molar-refractivity contribution in [1.82, 2.24) is 10.2 Å². The molecule has 0 aliphatic carbocycles. The van der Waals surface area contributed by atoms with E-state index in [4.69, 9.17) is 9.52 Å². The van der Waals surface area contributed by atoms with Gasteiger partial charge in [-0.2, -0.15) is 0 Å². The molecule has 0 aliphatic rings. The molecule has 0 aliphatic heterocycles. The lowest BCUT2D eigenvalue weighted by atomic mass is 10.2. The number of carbonyl (C=O) groups is 2. The van der Waals surface area contributed by atoms with Crippen LogP contribution in [0.5, 0.6) is 0 Å². The summed E-state index contributed by atoms with van der Waals surface area (Å²) in [5.74, 6) is -1.49. The summed E-state index contributed by atoms with van der Waals surface area (Å²) >= 11 is 0. The van der Waals surface area contributed by atoms with Gasteiger partial charge in [0.2, 0.25) is 0 Å². The summed E-state index contributed by atoms with van der Waals surface area (Å²) in [6.07, 6.45) is 2.10. The summed E-state index contributed by atoms with van der Waals surface area (Å²) in [7, 11) is 2.00. The van der Waals surface area contributed by atoms with Crippen molar-refractivity contribution in [2.45, 2.75) is 26.3 Å². The molecule has 1 amide bonds. The monoisotopic (exact) mass is 268 g/mol. The standard InChI is InChI=1S/C13H20N2O4/c1-4-9(2)15(3)6-5-14-12(16)11-7-10(8-19-11)13(17)18/h7-9H,4-6H2,1-3H3,(H,14,16)(H,17,18). The third-order valence-electron chi connectivity index (χ3n) is 3.16. The summed E-state index contributed by atoms with van der Waals surface area (Å²) in [6, 6.07) is 1.68. The SMILES string of the molecule is CCC(C)N(C)CCNC(=O)c1cc(C(=O)O)co1. The largest absolute Gasteiger partial charge is 0.478 e. The number of rotatable bonds is 7. The van der Waals surface area contributed by atoms with E-state index in [9.17, 15) is 9.59 Å². The number of amides is 1. The molecular weight excluding hydrogens is 248 g/mol. The molecule has 1 heterocycles. The molecule has 1 unspecified atom stereocenters. The van der Waals surface area contributed by atoms with Crippen molar-refractivity contribution in [3.05, 3.63) is 23.7 Å². The van der Waals surface area contributed by atoms with Crippen LogP contribution in [0.25, 0.3) is 0 Å². The maximum absolute atomic E-state index is 11.7. The molecule has 0 saturated carbocycles. The number of nitrogens with one attached hydrogen (secondary N) is 1. The Hall–Kier alpha value is -1.82. The normalized spacial score (nSPS) is 12.4. The van der Waals surface area contributed by atoms with Crippen LogP contribution in [0.1, 0.15) is 41.2 Å². The minimum absolute atomic E-state index is 0.0172. The average Bonchev–Trinajstić information content (AvgIpc) is 2.87. The summed E-state index contributed by atoms with van der Waals surface area (Å²) in [5, 5.41) is 11.4. The first-order valence-corrected chi connectivity index (χ1v) is 6.26. The number of carbonyl (C=O) groups excluding carboxylic acids is 1. The van der Waals surface area contributed by atoms with Gasteiger partial charge in [-0.3, -0.25) is 4.79 Å². The minimum Gasteiger partial charge on any atom is -0.478 e. The van der Waals surface area contributed by atoms with E-state index in [0.717, 1.165) is 19.2 Å². The molecule has 0 radical (unpaired) electrons. The van der Waals surface area contributed by atoms with Gasteiger partial charge in [0.1, 0.15) is 6.26 Å². The Kier molecular flexibility index (Phi) is 5.57. The molecule has 6 heteroatoms. The molecule has 6 nitrogen and oxygen atoms in total. The van der Waals surface area contributed by atoms with Gasteiger partial charge < -0.3 is 19.7 Å². The van der Waals surface area contributed by atoms with Gasteiger partial charge >= 0.3 is 5.97 Å². The quantitative estimate of drug-likeness (QED) is 0.781. The lowest BCUT2D eigenvalue weighted by Crippen LogP contribution is -2.36. The van der Waals surface area contributed by atoms with Crippen LogP contribution >= 0.6 is 0 Å². The van der Waals surface area contributed by atoms with Crippen molar-refractivity contribution in [2.75, 3.05) is 20.1 Å². The van der Waals surface area contributed by atoms with Crippen LogP contribution in [0.3, 0.4) is 0 Å². The van der Waals surface area contributed by atoms with Crippen molar-refractivity contribution < 1.29 is 19.1 Å². The second-order valence-corrected chi connectivity index (χ2v) is 4.50. The molecular formula is C13H20N2O4. The second kappa shape index (κ2) is 6.94. The Morgan fingerprint density at radius 1 is 1.53 bits per heavy atom. The number of hydrogen-bond acceptors (Lipinski definition) is 4. The molecule has 2 N–H and O–H groups in total. The van der Waals surface area contributed by atoms with Crippen LogP contribution < -0.4 is 5.32 Å². The molecule has 1 atom stereocenters. The van der Waals surface area contributed by atoms with Gasteiger partial charge in [-0.15, -0.1) is 0 Å². The second-order valence-electron chi connectivity index (χ2n) is 4.50. The third-order valence-corrected chi connectivity index (χ3v) is 3.16. The lowest BCUT2D eigenvalue weighted by Gasteiger charge is -2.23. The summed E-state index contributed by atoms with van der Waals surface area (Å²) in [6.45, 7) is 5.44. The Bertz CT molecular complexity index is 442. The van der Waals surface area contributed by atoms with E-state index < -0.39 is 11.9 Å². The molecule has 1 aromatic rings. The van der Waals surface area contributed by atoms with Gasteiger partial charge in [-0.25, -0.2) is 4.79 Å². The maximum atomic E-state index is 11.7. The van der Waals surface area contributed by atoms with Gasteiger partial charge in [0.15, 0.2) is 5.76 Å². The highest BCUT2D eigenvalue weighted by atomic mass is 16.4. The van der Waals surface area contributed by atoms with Crippen LogP contribution in [0, 0.1) is 0 Å². The highest BCUT2D eigenvalue weighted by Gasteiger charge is 2.14. The number of aromatic carboxylic acids is 1. The molecule has 1 rings (SSSR count). The Morgan fingerprint density at radius 2 is 2.21 bits per heavy atom. The van der Waals surface area contributed by atoms with Crippen molar-refractivity contribution in [1.29, 1.82) is 0 Å². The van der Waals surface area contributed by atoms with E-state index in [1.807, 2.05) is 7.05 Å². The third kappa shape index (κ3) is 4.40. The zero-order chi connectivity index (χ0) is 14.4. The summed E-state index contributed by atoms with van der Waals surface area (Å²) < 4.78 is 4.91. The first kappa shape index (κ1) is 15.2. The average molecular weight is 268 g/mol. The topological polar surface area (TPSA) is 82.8 Å². The first-order chi connectivity index (χ1) is 8.95. The van der Waals surface area contributed by atoms with E-state index in [0.29, 0.717) is 12.6 Å². The van der Waals surface area contributed by atoms with Crippen LogP contribution in [0.15, 0.2) is 16.7 Å². The van der Waals surface area contributed by atoms with Crippen LogP contribution in [-0.2, 0) is 0 Å². The highest BCUT2D eigenvalue weighted by Crippen LogP contribution is 2.07. The number of nitrogens with zero attached hydrogens (tertiary/aromatic N) is 1. The van der Waals surface area contributed by atoms with Crippen LogP contribution in [-0.4, -0.2) is 48.1 Å². The van der Waals surface area contributed by atoms with Gasteiger partial charge in [-0.1, -0.05) is 6.92 Å². The fourth-order valence-corrected chi connectivity index (χ4v) is 1.53. The van der Waals surface area contributed by atoms with Gasteiger partial charge in [0.25, 0.3) is 5.91 Å². The fourth-order valence-electron chi connectivity index (χ4n) is 1.53.